The van der Waals surface area contributed by atoms with E-state index < -0.39 is 0 Å². The van der Waals surface area contributed by atoms with E-state index in [4.69, 9.17) is 16.0 Å². The van der Waals surface area contributed by atoms with Gasteiger partial charge < -0.3 is 4.42 Å². The van der Waals surface area contributed by atoms with Gasteiger partial charge in [-0.05, 0) is 55.5 Å². The molecular formula is C22H17ClN4O3S. The predicted octanol–water partition coefficient (Wildman–Crippen LogP) is 4.18. The van der Waals surface area contributed by atoms with Crippen LogP contribution in [-0.4, -0.2) is 27.4 Å². The third kappa shape index (κ3) is 4.87. The number of carbonyl (C=O) groups excluding carboxylic acids is 1. The smallest absolute Gasteiger partial charge is 0.266 e. The van der Waals surface area contributed by atoms with Crippen molar-refractivity contribution in [3.8, 4) is 5.69 Å². The van der Waals surface area contributed by atoms with E-state index in [-0.39, 0.29) is 17.2 Å². The number of benzene rings is 2. The fourth-order valence-corrected chi connectivity index (χ4v) is 3.81. The zero-order chi connectivity index (χ0) is 21.8. The summed E-state index contributed by atoms with van der Waals surface area (Å²) < 4.78 is 6.84. The number of nitrogens with one attached hydrogen (secondary N) is 1. The summed E-state index contributed by atoms with van der Waals surface area (Å²) in [6, 6.07) is 17.5. The van der Waals surface area contributed by atoms with Crippen LogP contribution in [0.3, 0.4) is 0 Å². The molecule has 4 aromatic rings. The second-order valence-electron chi connectivity index (χ2n) is 6.56. The summed E-state index contributed by atoms with van der Waals surface area (Å²) in [6.07, 6.45) is 1.42. The summed E-state index contributed by atoms with van der Waals surface area (Å²) in [7, 11) is 0. The molecule has 2 aromatic carbocycles. The third-order valence-electron chi connectivity index (χ3n) is 4.30. The molecule has 156 valence electrons. The summed E-state index contributed by atoms with van der Waals surface area (Å²) in [4.78, 5) is 30.0. The summed E-state index contributed by atoms with van der Waals surface area (Å²) in [5, 5.41) is 5.33. The van der Waals surface area contributed by atoms with Crippen LogP contribution in [0.2, 0.25) is 5.02 Å². The minimum Gasteiger partial charge on any atom is -0.460 e. The van der Waals surface area contributed by atoms with Crippen LogP contribution < -0.4 is 11.0 Å². The van der Waals surface area contributed by atoms with Crippen LogP contribution in [0.1, 0.15) is 11.5 Å². The fourth-order valence-electron chi connectivity index (χ4n) is 2.88. The number of furan rings is 1. The van der Waals surface area contributed by atoms with Crippen molar-refractivity contribution in [1.29, 1.82) is 0 Å². The van der Waals surface area contributed by atoms with Crippen LogP contribution in [0.15, 0.2) is 80.1 Å². The number of hydrogen-bond acceptors (Lipinski definition) is 6. The van der Waals surface area contributed by atoms with Crippen LogP contribution >= 0.6 is 23.4 Å². The Kier molecular flexibility index (Phi) is 6.20. The topological polar surface area (TPSA) is 89.5 Å². The van der Waals surface area contributed by atoms with Crippen molar-refractivity contribution in [3.63, 3.8) is 0 Å². The largest absolute Gasteiger partial charge is 0.460 e. The predicted molar refractivity (Wildman–Crippen MR) is 122 cm³/mol. The van der Waals surface area contributed by atoms with Crippen molar-refractivity contribution in [2.24, 2.45) is 5.10 Å². The lowest BCUT2D eigenvalue weighted by molar-refractivity contribution is -0.118. The van der Waals surface area contributed by atoms with E-state index >= 15 is 0 Å². The Morgan fingerprint density at radius 2 is 1.97 bits per heavy atom. The Balaban J connectivity index is 1.58. The lowest BCUT2D eigenvalue weighted by Gasteiger charge is -2.13. The first-order valence-corrected chi connectivity index (χ1v) is 10.7. The molecule has 7 nitrogen and oxygen atoms in total. The SMILES string of the molecule is Cc1ccc(/C=N/NC(=O)CSc2nc3ccccc3c(=O)n2-c2ccc(Cl)cc2)o1. The van der Waals surface area contributed by atoms with Gasteiger partial charge in [-0.1, -0.05) is 35.5 Å². The Labute approximate surface area is 186 Å². The van der Waals surface area contributed by atoms with Crippen molar-refractivity contribution in [2.75, 3.05) is 5.75 Å². The Bertz CT molecular complexity index is 1330. The molecule has 0 saturated heterocycles. The molecule has 0 fully saturated rings. The summed E-state index contributed by atoms with van der Waals surface area (Å²) >= 11 is 7.13. The highest BCUT2D eigenvalue weighted by molar-refractivity contribution is 7.99. The first kappa shape index (κ1) is 20.9. The van der Waals surface area contributed by atoms with Gasteiger partial charge in [-0.15, -0.1) is 0 Å². The molecule has 0 unspecified atom stereocenters. The summed E-state index contributed by atoms with van der Waals surface area (Å²) in [5.74, 6) is 0.978. The molecule has 0 saturated carbocycles. The molecule has 0 radical (unpaired) electrons. The van der Waals surface area contributed by atoms with Crippen molar-refractivity contribution in [2.45, 2.75) is 12.1 Å². The van der Waals surface area contributed by atoms with Crippen LogP contribution in [-0.2, 0) is 4.79 Å². The van der Waals surface area contributed by atoms with Gasteiger partial charge in [-0.25, -0.2) is 10.4 Å². The molecule has 0 atom stereocenters. The van der Waals surface area contributed by atoms with E-state index in [2.05, 4.69) is 15.5 Å². The average molecular weight is 453 g/mol. The minimum atomic E-state index is -0.338. The molecule has 31 heavy (non-hydrogen) atoms. The molecule has 1 N–H and O–H groups in total. The van der Waals surface area contributed by atoms with Crippen LogP contribution in [0.4, 0.5) is 0 Å². The molecule has 1 amide bonds. The highest BCUT2D eigenvalue weighted by Crippen LogP contribution is 2.22. The number of para-hydroxylation sites is 1. The zero-order valence-corrected chi connectivity index (χ0v) is 18.0. The molecular weight excluding hydrogens is 436 g/mol. The number of hydrogen-bond donors (Lipinski definition) is 1. The van der Waals surface area contributed by atoms with Gasteiger partial charge in [0.1, 0.15) is 11.5 Å². The van der Waals surface area contributed by atoms with Gasteiger partial charge in [0.25, 0.3) is 11.5 Å². The standard InChI is InChI=1S/C22H17ClN4O3S/c1-14-6-11-17(30-14)12-24-26-20(28)13-31-22-25-19-5-3-2-4-18(19)21(29)27(22)16-9-7-15(23)8-10-16/h2-12H,13H2,1H3,(H,26,28)/b24-12+. The number of nitrogens with zero attached hydrogens (tertiary/aromatic N) is 3. The van der Waals surface area contributed by atoms with Gasteiger partial charge in [0, 0.05) is 5.02 Å². The number of carbonyl (C=O) groups is 1. The lowest BCUT2D eigenvalue weighted by atomic mass is 10.2. The molecule has 9 heteroatoms. The maximum Gasteiger partial charge on any atom is 0.266 e. The Morgan fingerprint density at radius 1 is 1.19 bits per heavy atom. The van der Waals surface area contributed by atoms with Crippen molar-refractivity contribution in [1.82, 2.24) is 15.0 Å². The lowest BCUT2D eigenvalue weighted by Crippen LogP contribution is -2.24. The van der Waals surface area contributed by atoms with Crippen molar-refractivity contribution in [3.05, 3.63) is 87.6 Å². The van der Waals surface area contributed by atoms with Gasteiger partial charge in [0.15, 0.2) is 5.16 Å². The summed E-state index contributed by atoms with van der Waals surface area (Å²) in [5.41, 5.74) is 3.40. The van der Waals surface area contributed by atoms with E-state index in [0.717, 1.165) is 17.5 Å². The van der Waals surface area contributed by atoms with Crippen LogP contribution in [0, 0.1) is 6.92 Å². The average Bonchev–Trinajstić information content (AvgIpc) is 3.18. The van der Waals surface area contributed by atoms with Crippen molar-refractivity contribution >= 4 is 46.4 Å². The van der Waals surface area contributed by atoms with E-state index in [9.17, 15) is 9.59 Å². The van der Waals surface area contributed by atoms with E-state index in [1.54, 1.807) is 54.6 Å². The second-order valence-corrected chi connectivity index (χ2v) is 7.94. The number of thioether (sulfide) groups is 1. The van der Waals surface area contributed by atoms with E-state index in [0.29, 0.717) is 32.5 Å². The molecule has 2 heterocycles. The Hall–Kier alpha value is -3.36. The van der Waals surface area contributed by atoms with Gasteiger partial charge in [0.05, 0.1) is 28.6 Å². The zero-order valence-electron chi connectivity index (χ0n) is 16.4. The number of rotatable bonds is 6. The fraction of sp³-hybridized carbons (Fsp3) is 0.0909. The molecule has 0 aliphatic carbocycles. The van der Waals surface area contributed by atoms with E-state index in [1.807, 2.05) is 13.0 Å². The molecule has 2 aromatic heterocycles. The monoisotopic (exact) mass is 452 g/mol. The highest BCUT2D eigenvalue weighted by Gasteiger charge is 2.14. The number of fused-ring (bicyclic) bond motifs is 1. The number of hydrazone groups is 1. The first-order chi connectivity index (χ1) is 15.0. The molecule has 0 spiro atoms. The molecule has 4 rings (SSSR count). The number of halogens is 1. The summed E-state index contributed by atoms with van der Waals surface area (Å²) in [6.45, 7) is 1.82. The van der Waals surface area contributed by atoms with Crippen molar-refractivity contribution < 1.29 is 9.21 Å². The molecule has 0 aliphatic heterocycles. The Morgan fingerprint density at radius 3 is 2.71 bits per heavy atom. The first-order valence-electron chi connectivity index (χ1n) is 9.30. The van der Waals surface area contributed by atoms with Gasteiger partial charge in [0.2, 0.25) is 0 Å². The van der Waals surface area contributed by atoms with Gasteiger partial charge in [-0.3, -0.25) is 14.2 Å². The van der Waals surface area contributed by atoms with Crippen LogP contribution in [0.5, 0.6) is 0 Å². The quantitative estimate of drug-likeness (QED) is 0.205. The number of aryl methyl sites for hydroxylation is 1. The molecule has 0 bridgehead atoms. The highest BCUT2D eigenvalue weighted by atomic mass is 35.5. The van der Waals surface area contributed by atoms with Crippen LogP contribution in [0.25, 0.3) is 16.6 Å². The van der Waals surface area contributed by atoms with E-state index in [1.165, 1.54) is 10.8 Å². The van der Waals surface area contributed by atoms with Gasteiger partial charge >= 0.3 is 0 Å². The second kappa shape index (κ2) is 9.20. The normalized spacial score (nSPS) is 11.3. The number of aromatic nitrogens is 2. The number of amides is 1. The minimum absolute atomic E-state index is 0.0207. The third-order valence-corrected chi connectivity index (χ3v) is 5.49. The molecule has 0 aliphatic rings. The van der Waals surface area contributed by atoms with Gasteiger partial charge in [-0.2, -0.15) is 5.10 Å². The maximum atomic E-state index is 13.2. The maximum absolute atomic E-state index is 13.2.